The van der Waals surface area contributed by atoms with E-state index in [-0.39, 0.29) is 5.56 Å². The maximum atomic E-state index is 11.5. The maximum absolute atomic E-state index is 11.5. The third-order valence-electron chi connectivity index (χ3n) is 4.81. The van der Waals surface area contributed by atoms with Crippen molar-refractivity contribution in [3.63, 3.8) is 0 Å². The normalized spacial score (nSPS) is 11.2. The topological polar surface area (TPSA) is 80.9 Å². The average Bonchev–Trinajstić information content (AvgIpc) is 3.08. The summed E-state index contributed by atoms with van der Waals surface area (Å²) in [7, 11) is 0. The molecule has 3 aromatic rings. The van der Waals surface area contributed by atoms with E-state index < -0.39 is 5.97 Å². The Balaban J connectivity index is 1.80. The fraction of sp³-hybridized carbons (Fsp3) is 0.391. The number of rotatable bonds is 9. The zero-order valence-corrected chi connectivity index (χ0v) is 17.3. The standard InChI is InChI=1S/C23H28N4O2/c1-4-13-27-22(25-21(26-27)12-9-16(2)3)14-18-11-10-17(15-24-18)19-7-5-6-8-20(19)23(28)29/h5-8,10-11,15-16H,4,9,12-14H2,1-3H3,(H,28,29). The van der Waals surface area contributed by atoms with Crippen molar-refractivity contribution in [3.8, 4) is 11.1 Å². The number of carboxylic acids is 1. The smallest absolute Gasteiger partial charge is 0.336 e. The predicted molar refractivity (Wildman–Crippen MR) is 113 cm³/mol. The number of carboxylic acid groups (broad SMARTS) is 1. The Morgan fingerprint density at radius 2 is 1.97 bits per heavy atom. The highest BCUT2D eigenvalue weighted by atomic mass is 16.4. The van der Waals surface area contributed by atoms with Gasteiger partial charge in [0.15, 0.2) is 5.82 Å². The molecule has 0 spiro atoms. The van der Waals surface area contributed by atoms with Gasteiger partial charge in [-0.15, -0.1) is 0 Å². The van der Waals surface area contributed by atoms with Gasteiger partial charge in [-0.2, -0.15) is 5.10 Å². The molecule has 152 valence electrons. The molecule has 0 fully saturated rings. The van der Waals surface area contributed by atoms with Crippen LogP contribution in [0.15, 0.2) is 42.6 Å². The zero-order chi connectivity index (χ0) is 20.8. The van der Waals surface area contributed by atoms with Gasteiger partial charge < -0.3 is 5.11 Å². The van der Waals surface area contributed by atoms with Crippen LogP contribution in [0.5, 0.6) is 0 Å². The lowest BCUT2D eigenvalue weighted by Crippen LogP contribution is -2.07. The Bertz CT molecular complexity index is 961. The molecule has 6 nitrogen and oxygen atoms in total. The van der Waals surface area contributed by atoms with Gasteiger partial charge in [0.05, 0.1) is 5.56 Å². The van der Waals surface area contributed by atoms with Crippen LogP contribution in [-0.4, -0.2) is 30.8 Å². The number of benzene rings is 1. The number of pyridine rings is 1. The van der Waals surface area contributed by atoms with E-state index in [0.717, 1.165) is 48.7 Å². The minimum absolute atomic E-state index is 0.277. The van der Waals surface area contributed by atoms with Crippen LogP contribution in [0.2, 0.25) is 0 Å². The lowest BCUT2D eigenvalue weighted by atomic mass is 10.0. The van der Waals surface area contributed by atoms with Crippen molar-refractivity contribution < 1.29 is 9.90 Å². The molecule has 0 unspecified atom stereocenters. The SMILES string of the molecule is CCCn1nc(CCC(C)C)nc1Cc1ccc(-c2ccccc2C(=O)O)cn1. The maximum Gasteiger partial charge on any atom is 0.336 e. The monoisotopic (exact) mass is 392 g/mol. The molecular formula is C23H28N4O2. The van der Waals surface area contributed by atoms with Crippen LogP contribution in [-0.2, 0) is 19.4 Å². The molecule has 1 aromatic carbocycles. The van der Waals surface area contributed by atoms with Gasteiger partial charge in [-0.1, -0.05) is 45.0 Å². The third-order valence-corrected chi connectivity index (χ3v) is 4.81. The van der Waals surface area contributed by atoms with Gasteiger partial charge in [-0.05, 0) is 36.5 Å². The van der Waals surface area contributed by atoms with Gasteiger partial charge >= 0.3 is 5.97 Å². The van der Waals surface area contributed by atoms with Crippen LogP contribution in [0.3, 0.4) is 0 Å². The van der Waals surface area contributed by atoms with Crippen LogP contribution in [0.25, 0.3) is 11.1 Å². The number of aromatic nitrogens is 4. The van der Waals surface area contributed by atoms with E-state index in [9.17, 15) is 9.90 Å². The second-order valence-corrected chi connectivity index (χ2v) is 7.67. The first-order valence-electron chi connectivity index (χ1n) is 10.2. The van der Waals surface area contributed by atoms with Crippen molar-refractivity contribution in [3.05, 3.63) is 65.5 Å². The molecule has 0 amide bonds. The van der Waals surface area contributed by atoms with E-state index in [1.165, 1.54) is 0 Å². The van der Waals surface area contributed by atoms with Gasteiger partial charge in [0.25, 0.3) is 0 Å². The molecule has 1 N–H and O–H groups in total. The van der Waals surface area contributed by atoms with Crippen LogP contribution in [0, 0.1) is 5.92 Å². The molecule has 2 heterocycles. The summed E-state index contributed by atoms with van der Waals surface area (Å²) >= 11 is 0. The molecule has 2 aromatic heterocycles. The molecule has 6 heteroatoms. The Morgan fingerprint density at radius 1 is 1.17 bits per heavy atom. The molecule has 3 rings (SSSR count). The molecule has 0 aliphatic rings. The highest BCUT2D eigenvalue weighted by Crippen LogP contribution is 2.23. The Hall–Kier alpha value is -3.02. The fourth-order valence-corrected chi connectivity index (χ4v) is 3.24. The molecule has 0 saturated carbocycles. The number of carbonyl (C=O) groups is 1. The summed E-state index contributed by atoms with van der Waals surface area (Å²) in [4.78, 5) is 20.8. The number of hydrogen-bond donors (Lipinski definition) is 1. The summed E-state index contributed by atoms with van der Waals surface area (Å²) in [6.07, 6.45) is 5.30. The van der Waals surface area contributed by atoms with E-state index in [2.05, 4.69) is 30.9 Å². The van der Waals surface area contributed by atoms with E-state index in [1.54, 1.807) is 24.4 Å². The number of aromatic carboxylic acids is 1. The third kappa shape index (κ3) is 5.28. The lowest BCUT2D eigenvalue weighted by Gasteiger charge is -2.07. The Labute approximate surface area is 171 Å². The first-order valence-corrected chi connectivity index (χ1v) is 10.2. The average molecular weight is 393 g/mol. The number of nitrogens with zero attached hydrogens (tertiary/aromatic N) is 4. The van der Waals surface area contributed by atoms with Gasteiger partial charge in [-0.25, -0.2) is 14.5 Å². The first kappa shape index (κ1) is 20.7. The second-order valence-electron chi connectivity index (χ2n) is 7.67. The molecule has 0 bridgehead atoms. The first-order chi connectivity index (χ1) is 14.0. The summed E-state index contributed by atoms with van der Waals surface area (Å²) in [6, 6.07) is 10.8. The highest BCUT2D eigenvalue weighted by molar-refractivity contribution is 5.95. The predicted octanol–water partition coefficient (Wildman–Crippen LogP) is 4.63. The summed E-state index contributed by atoms with van der Waals surface area (Å²) < 4.78 is 1.99. The quantitative estimate of drug-likeness (QED) is 0.574. The largest absolute Gasteiger partial charge is 0.478 e. The van der Waals surface area contributed by atoms with Crippen molar-refractivity contribution in [2.24, 2.45) is 5.92 Å². The molecule has 0 atom stereocenters. The fourth-order valence-electron chi connectivity index (χ4n) is 3.24. The molecule has 0 aliphatic carbocycles. The van der Waals surface area contributed by atoms with Crippen molar-refractivity contribution in [1.29, 1.82) is 0 Å². The molecule has 29 heavy (non-hydrogen) atoms. The van der Waals surface area contributed by atoms with Crippen molar-refractivity contribution >= 4 is 5.97 Å². The van der Waals surface area contributed by atoms with Gasteiger partial charge in [0.1, 0.15) is 5.82 Å². The summed E-state index contributed by atoms with van der Waals surface area (Å²) in [5, 5.41) is 14.1. The number of hydrogen-bond acceptors (Lipinski definition) is 4. The van der Waals surface area contributed by atoms with Crippen molar-refractivity contribution in [2.75, 3.05) is 0 Å². The van der Waals surface area contributed by atoms with Gasteiger partial charge in [0, 0.05) is 36.8 Å². The van der Waals surface area contributed by atoms with Crippen LogP contribution < -0.4 is 0 Å². The summed E-state index contributed by atoms with van der Waals surface area (Å²) in [6.45, 7) is 7.39. The lowest BCUT2D eigenvalue weighted by molar-refractivity contribution is 0.0697. The van der Waals surface area contributed by atoms with Gasteiger partial charge in [-0.3, -0.25) is 4.98 Å². The van der Waals surface area contributed by atoms with Gasteiger partial charge in [0.2, 0.25) is 0 Å². The molecule has 0 aliphatic heterocycles. The minimum atomic E-state index is -0.939. The minimum Gasteiger partial charge on any atom is -0.478 e. The van der Waals surface area contributed by atoms with E-state index in [0.29, 0.717) is 17.9 Å². The molecule has 0 radical (unpaired) electrons. The van der Waals surface area contributed by atoms with Crippen LogP contribution >= 0.6 is 0 Å². The Kier molecular flexibility index (Phi) is 6.75. The van der Waals surface area contributed by atoms with Crippen LogP contribution in [0.1, 0.15) is 61.3 Å². The van der Waals surface area contributed by atoms with E-state index >= 15 is 0 Å². The van der Waals surface area contributed by atoms with E-state index in [1.807, 2.05) is 22.9 Å². The summed E-state index contributed by atoms with van der Waals surface area (Å²) in [5.74, 6) is 1.51. The van der Waals surface area contributed by atoms with E-state index in [4.69, 9.17) is 4.98 Å². The summed E-state index contributed by atoms with van der Waals surface area (Å²) in [5.41, 5.74) is 2.63. The van der Waals surface area contributed by atoms with Crippen LogP contribution in [0.4, 0.5) is 0 Å². The Morgan fingerprint density at radius 3 is 2.62 bits per heavy atom. The number of aryl methyl sites for hydroxylation is 2. The molecule has 0 saturated heterocycles. The van der Waals surface area contributed by atoms with Crippen molar-refractivity contribution in [2.45, 2.75) is 53.0 Å². The second kappa shape index (κ2) is 9.45. The zero-order valence-electron chi connectivity index (χ0n) is 17.3. The highest BCUT2D eigenvalue weighted by Gasteiger charge is 2.13. The van der Waals surface area contributed by atoms with Crippen molar-refractivity contribution in [1.82, 2.24) is 19.7 Å². The molecular weight excluding hydrogens is 364 g/mol.